The highest BCUT2D eigenvalue weighted by atomic mass is 32.2. The lowest BCUT2D eigenvalue weighted by atomic mass is 10.0. The van der Waals surface area contributed by atoms with Crippen LogP contribution in [0.1, 0.15) is 35.4 Å². The molecule has 6 heteroatoms. The predicted molar refractivity (Wildman–Crippen MR) is 74.6 cm³/mol. The van der Waals surface area contributed by atoms with E-state index in [1.807, 2.05) is 0 Å². The van der Waals surface area contributed by atoms with Crippen LogP contribution in [0.4, 0.5) is 0 Å². The lowest BCUT2D eigenvalue weighted by molar-refractivity contribution is 0.285. The van der Waals surface area contributed by atoms with Gasteiger partial charge in [-0.15, -0.1) is 11.3 Å². The minimum Gasteiger partial charge on any atom is -0.391 e. The third-order valence-electron chi connectivity index (χ3n) is 4.32. The van der Waals surface area contributed by atoms with Crippen LogP contribution in [0.15, 0.2) is 11.0 Å². The van der Waals surface area contributed by atoms with Crippen molar-refractivity contribution < 1.29 is 13.5 Å². The number of hydrogen-bond acceptors (Lipinski definition) is 4. The molecule has 0 atom stereocenters. The van der Waals surface area contributed by atoms with Crippen LogP contribution >= 0.6 is 11.3 Å². The average Bonchev–Trinajstić information content (AvgIpc) is 3.24. The quantitative estimate of drug-likeness (QED) is 0.845. The molecule has 0 radical (unpaired) electrons. The van der Waals surface area contributed by atoms with Crippen molar-refractivity contribution in [2.45, 2.75) is 44.1 Å². The third-order valence-corrected chi connectivity index (χ3v) is 7.01. The van der Waals surface area contributed by atoms with Crippen molar-refractivity contribution >= 4 is 21.4 Å². The molecule has 106 valence electrons. The summed E-state index contributed by atoms with van der Waals surface area (Å²) < 4.78 is 27.4. The van der Waals surface area contributed by atoms with Crippen LogP contribution in [0.25, 0.3) is 0 Å². The summed E-state index contributed by atoms with van der Waals surface area (Å²) in [6.07, 6.45) is 4.83. The molecular formula is C13H19NO3S2. The van der Waals surface area contributed by atoms with E-state index >= 15 is 0 Å². The van der Waals surface area contributed by atoms with Crippen molar-refractivity contribution in [1.82, 2.24) is 4.72 Å². The van der Waals surface area contributed by atoms with E-state index in [9.17, 15) is 8.42 Å². The van der Waals surface area contributed by atoms with Crippen molar-refractivity contribution in [3.63, 3.8) is 0 Å². The molecule has 1 aromatic rings. The third kappa shape index (κ3) is 2.59. The Kier molecular flexibility index (Phi) is 3.24. The topological polar surface area (TPSA) is 66.4 Å². The first-order valence-electron chi connectivity index (χ1n) is 6.67. The highest BCUT2D eigenvalue weighted by Crippen LogP contribution is 2.60. The Morgan fingerprint density at radius 2 is 2.16 bits per heavy atom. The minimum atomic E-state index is -3.43. The van der Waals surface area contributed by atoms with Gasteiger partial charge in [0.15, 0.2) is 0 Å². The van der Waals surface area contributed by atoms with Crippen LogP contribution in [0.2, 0.25) is 0 Å². The van der Waals surface area contributed by atoms with E-state index in [4.69, 9.17) is 5.11 Å². The molecule has 2 aliphatic rings. The fourth-order valence-corrected chi connectivity index (χ4v) is 5.40. The van der Waals surface area contributed by atoms with Crippen LogP contribution in [-0.2, 0) is 16.6 Å². The van der Waals surface area contributed by atoms with E-state index < -0.39 is 10.0 Å². The summed E-state index contributed by atoms with van der Waals surface area (Å²) in [6, 6.07) is 1.58. The van der Waals surface area contributed by atoms with E-state index in [0.717, 1.165) is 23.6 Å². The maximum absolute atomic E-state index is 12.3. The zero-order valence-electron chi connectivity index (χ0n) is 11.0. The molecule has 4 nitrogen and oxygen atoms in total. The minimum absolute atomic E-state index is 0.104. The fourth-order valence-electron chi connectivity index (χ4n) is 2.77. The Labute approximate surface area is 117 Å². The number of aliphatic hydroxyl groups excluding tert-OH is 1. The van der Waals surface area contributed by atoms with Gasteiger partial charge < -0.3 is 5.11 Å². The molecular weight excluding hydrogens is 282 g/mol. The monoisotopic (exact) mass is 301 g/mol. The summed E-state index contributed by atoms with van der Waals surface area (Å²) in [6.45, 7) is 2.25. The number of sulfonamides is 1. The van der Waals surface area contributed by atoms with Crippen molar-refractivity contribution in [2.75, 3.05) is 6.54 Å². The van der Waals surface area contributed by atoms with Crippen LogP contribution in [-0.4, -0.2) is 20.1 Å². The van der Waals surface area contributed by atoms with E-state index in [2.05, 4.69) is 4.72 Å². The molecule has 1 aromatic heterocycles. The van der Waals surface area contributed by atoms with Crippen LogP contribution in [0.5, 0.6) is 0 Å². The van der Waals surface area contributed by atoms with Crippen molar-refractivity contribution in [3.8, 4) is 0 Å². The van der Waals surface area contributed by atoms with Gasteiger partial charge in [-0.25, -0.2) is 13.1 Å². The molecule has 2 N–H and O–H groups in total. The standard InChI is InChI=1S/C13H19NO3S2/c1-9-12(6-11(7-15)18-9)19(16,17)14-8-13(4-5-13)10-2-3-10/h6,10,14-15H,2-5,7-8H2,1H3. The predicted octanol–water partition coefficient (Wildman–Crippen LogP) is 2.02. The van der Waals surface area contributed by atoms with Gasteiger partial charge in [-0.05, 0) is 50.0 Å². The van der Waals surface area contributed by atoms with E-state index in [1.165, 1.54) is 24.2 Å². The molecule has 2 aliphatic carbocycles. The summed E-state index contributed by atoms with van der Waals surface area (Å²) in [4.78, 5) is 1.77. The van der Waals surface area contributed by atoms with Gasteiger partial charge in [0.05, 0.1) is 11.5 Å². The van der Waals surface area contributed by atoms with Gasteiger partial charge in [0.1, 0.15) is 0 Å². The summed E-state index contributed by atoms with van der Waals surface area (Å²) in [5.74, 6) is 0.742. The van der Waals surface area contributed by atoms with E-state index in [0.29, 0.717) is 16.3 Å². The zero-order chi connectivity index (χ0) is 13.7. The van der Waals surface area contributed by atoms with Crippen LogP contribution in [0, 0.1) is 18.3 Å². The first-order chi connectivity index (χ1) is 8.97. The first-order valence-corrected chi connectivity index (χ1v) is 8.97. The lowest BCUT2D eigenvalue weighted by Gasteiger charge is -2.15. The number of aryl methyl sites for hydroxylation is 1. The maximum Gasteiger partial charge on any atom is 0.241 e. The molecule has 0 spiro atoms. The molecule has 0 amide bonds. The molecule has 1 heterocycles. The van der Waals surface area contributed by atoms with Gasteiger partial charge in [0.25, 0.3) is 0 Å². The molecule has 0 unspecified atom stereocenters. The normalized spacial score (nSPS) is 21.6. The van der Waals surface area contributed by atoms with Crippen LogP contribution in [0.3, 0.4) is 0 Å². The lowest BCUT2D eigenvalue weighted by Crippen LogP contribution is -2.31. The molecule has 0 aromatic carbocycles. The molecule has 0 bridgehead atoms. The smallest absolute Gasteiger partial charge is 0.241 e. The summed E-state index contributed by atoms with van der Waals surface area (Å²) >= 11 is 1.34. The summed E-state index contributed by atoms with van der Waals surface area (Å²) in [5, 5.41) is 9.09. The molecule has 2 fully saturated rings. The van der Waals surface area contributed by atoms with Crippen molar-refractivity contribution in [3.05, 3.63) is 15.8 Å². The second-order valence-electron chi connectivity index (χ2n) is 5.75. The van der Waals surface area contributed by atoms with Gasteiger partial charge in [-0.2, -0.15) is 0 Å². The molecule has 19 heavy (non-hydrogen) atoms. The Balaban J connectivity index is 1.73. The number of thiophene rings is 1. The Morgan fingerprint density at radius 1 is 1.47 bits per heavy atom. The molecule has 3 rings (SSSR count). The van der Waals surface area contributed by atoms with Gasteiger partial charge in [0, 0.05) is 16.3 Å². The second-order valence-corrected chi connectivity index (χ2v) is 8.83. The highest BCUT2D eigenvalue weighted by molar-refractivity contribution is 7.89. The van der Waals surface area contributed by atoms with E-state index in [1.54, 1.807) is 13.0 Å². The van der Waals surface area contributed by atoms with E-state index in [-0.39, 0.29) is 12.0 Å². The Morgan fingerprint density at radius 3 is 2.63 bits per heavy atom. The zero-order valence-corrected chi connectivity index (χ0v) is 12.6. The fraction of sp³-hybridized carbons (Fsp3) is 0.692. The van der Waals surface area contributed by atoms with Gasteiger partial charge in [-0.1, -0.05) is 0 Å². The highest BCUT2D eigenvalue weighted by Gasteiger charge is 2.53. The Hall–Kier alpha value is -0.430. The largest absolute Gasteiger partial charge is 0.391 e. The van der Waals surface area contributed by atoms with Gasteiger partial charge >= 0.3 is 0 Å². The van der Waals surface area contributed by atoms with Crippen molar-refractivity contribution in [2.24, 2.45) is 11.3 Å². The molecule has 0 aliphatic heterocycles. The summed E-state index contributed by atoms with van der Waals surface area (Å²) in [5.41, 5.74) is 0.261. The Bertz CT molecular complexity index is 583. The average molecular weight is 301 g/mol. The van der Waals surface area contributed by atoms with Gasteiger partial charge in [-0.3, -0.25) is 0 Å². The number of nitrogens with one attached hydrogen (secondary N) is 1. The first kappa shape index (κ1) is 13.5. The number of aliphatic hydroxyl groups is 1. The number of hydrogen-bond donors (Lipinski definition) is 2. The summed E-state index contributed by atoms with van der Waals surface area (Å²) in [7, 11) is -3.43. The molecule has 2 saturated carbocycles. The SMILES string of the molecule is Cc1sc(CO)cc1S(=O)(=O)NCC1(C2CC2)CC1. The maximum atomic E-state index is 12.3. The van der Waals surface area contributed by atoms with Gasteiger partial charge in [0.2, 0.25) is 10.0 Å². The second kappa shape index (κ2) is 4.55. The van der Waals surface area contributed by atoms with Crippen molar-refractivity contribution in [1.29, 1.82) is 0 Å². The number of rotatable bonds is 6. The van der Waals surface area contributed by atoms with Crippen LogP contribution < -0.4 is 4.72 Å². The molecule has 0 saturated heterocycles.